The minimum Gasteiger partial charge on any atom is -0.389 e. The van der Waals surface area contributed by atoms with Gasteiger partial charge in [-0.3, -0.25) is 0 Å². The summed E-state index contributed by atoms with van der Waals surface area (Å²) in [5.41, 5.74) is 4.68. The van der Waals surface area contributed by atoms with Crippen molar-refractivity contribution in [1.29, 1.82) is 0 Å². The first kappa shape index (κ1) is 11.4. The summed E-state index contributed by atoms with van der Waals surface area (Å²) >= 11 is 0. The summed E-state index contributed by atoms with van der Waals surface area (Å²) in [7, 11) is 0. The SMILES string of the molecule is Cc1cc([C@@H](C)O)ccc1C1=CCCOC1. The van der Waals surface area contributed by atoms with Crippen molar-refractivity contribution in [3.63, 3.8) is 0 Å². The second-order valence-electron chi connectivity index (χ2n) is 4.32. The normalized spacial score (nSPS) is 18.1. The van der Waals surface area contributed by atoms with Crippen molar-refractivity contribution >= 4 is 5.57 Å². The molecule has 1 aromatic carbocycles. The molecule has 0 unspecified atom stereocenters. The van der Waals surface area contributed by atoms with Crippen LogP contribution in [0.1, 0.15) is 36.1 Å². The van der Waals surface area contributed by atoms with Crippen LogP contribution in [0.2, 0.25) is 0 Å². The van der Waals surface area contributed by atoms with Crippen LogP contribution in [0, 0.1) is 6.92 Å². The van der Waals surface area contributed by atoms with Gasteiger partial charge in [-0.25, -0.2) is 0 Å². The van der Waals surface area contributed by atoms with Crippen LogP contribution in [0.25, 0.3) is 5.57 Å². The molecule has 86 valence electrons. The number of aliphatic hydroxyl groups is 1. The Morgan fingerprint density at radius 2 is 2.19 bits per heavy atom. The fraction of sp³-hybridized carbons (Fsp3) is 0.429. The van der Waals surface area contributed by atoms with E-state index in [1.165, 1.54) is 16.7 Å². The van der Waals surface area contributed by atoms with E-state index in [4.69, 9.17) is 4.74 Å². The molecule has 0 aromatic heterocycles. The molecule has 2 rings (SSSR count). The fourth-order valence-corrected chi connectivity index (χ4v) is 2.05. The molecule has 0 radical (unpaired) electrons. The Morgan fingerprint density at radius 1 is 1.38 bits per heavy atom. The first-order valence-corrected chi connectivity index (χ1v) is 5.74. The smallest absolute Gasteiger partial charge is 0.0762 e. The quantitative estimate of drug-likeness (QED) is 0.827. The minimum absolute atomic E-state index is 0.399. The van der Waals surface area contributed by atoms with Crippen molar-refractivity contribution in [2.24, 2.45) is 0 Å². The average molecular weight is 218 g/mol. The van der Waals surface area contributed by atoms with Gasteiger partial charge in [-0.2, -0.15) is 0 Å². The molecular formula is C14H18O2. The van der Waals surface area contributed by atoms with Gasteiger partial charge in [0.2, 0.25) is 0 Å². The lowest BCUT2D eigenvalue weighted by Crippen LogP contribution is -2.06. The number of benzene rings is 1. The Bertz CT molecular complexity index is 405. The number of rotatable bonds is 2. The van der Waals surface area contributed by atoms with Crippen molar-refractivity contribution in [3.05, 3.63) is 41.0 Å². The van der Waals surface area contributed by atoms with E-state index in [0.29, 0.717) is 6.61 Å². The molecule has 0 saturated carbocycles. The van der Waals surface area contributed by atoms with Gasteiger partial charge in [-0.1, -0.05) is 24.3 Å². The summed E-state index contributed by atoms with van der Waals surface area (Å²) in [5, 5.41) is 9.51. The molecule has 0 spiro atoms. The van der Waals surface area contributed by atoms with E-state index in [2.05, 4.69) is 25.1 Å². The Balaban J connectivity index is 2.32. The van der Waals surface area contributed by atoms with Gasteiger partial charge in [0.05, 0.1) is 19.3 Å². The highest BCUT2D eigenvalue weighted by atomic mass is 16.5. The van der Waals surface area contributed by atoms with Crippen LogP contribution in [0.15, 0.2) is 24.3 Å². The fourth-order valence-electron chi connectivity index (χ4n) is 2.05. The third kappa shape index (κ3) is 2.34. The zero-order chi connectivity index (χ0) is 11.5. The predicted octanol–water partition coefficient (Wildman–Crippen LogP) is 2.85. The van der Waals surface area contributed by atoms with Gasteiger partial charge in [0.1, 0.15) is 0 Å². The van der Waals surface area contributed by atoms with Gasteiger partial charge in [0.15, 0.2) is 0 Å². The summed E-state index contributed by atoms with van der Waals surface area (Å²) in [6, 6.07) is 6.12. The summed E-state index contributed by atoms with van der Waals surface area (Å²) in [6.45, 7) is 5.40. The van der Waals surface area contributed by atoms with Gasteiger partial charge in [-0.05, 0) is 42.5 Å². The lowest BCUT2D eigenvalue weighted by molar-refractivity contribution is 0.164. The molecular weight excluding hydrogens is 200 g/mol. The topological polar surface area (TPSA) is 29.5 Å². The van der Waals surface area contributed by atoms with Crippen molar-refractivity contribution in [3.8, 4) is 0 Å². The molecule has 2 nitrogen and oxygen atoms in total. The standard InChI is InChI=1S/C14H18O2/c1-10-8-12(11(2)15)5-6-14(10)13-4-3-7-16-9-13/h4-6,8,11,15H,3,7,9H2,1-2H3/t11-/m1/s1. The maximum absolute atomic E-state index is 9.51. The van der Waals surface area contributed by atoms with Gasteiger partial charge in [0, 0.05) is 0 Å². The van der Waals surface area contributed by atoms with Crippen LogP contribution < -0.4 is 0 Å². The van der Waals surface area contributed by atoms with Gasteiger partial charge in [0.25, 0.3) is 0 Å². The van der Waals surface area contributed by atoms with Crippen molar-refractivity contribution in [1.82, 2.24) is 0 Å². The lowest BCUT2D eigenvalue weighted by Gasteiger charge is -2.17. The third-order valence-corrected chi connectivity index (χ3v) is 2.99. The van der Waals surface area contributed by atoms with E-state index in [1.54, 1.807) is 6.92 Å². The summed E-state index contributed by atoms with van der Waals surface area (Å²) in [5.74, 6) is 0. The summed E-state index contributed by atoms with van der Waals surface area (Å²) in [6.07, 6.45) is 2.84. The molecule has 1 heterocycles. The highest BCUT2D eigenvalue weighted by Crippen LogP contribution is 2.25. The molecule has 0 saturated heterocycles. The van der Waals surface area contributed by atoms with Crippen LogP contribution in [-0.4, -0.2) is 18.3 Å². The number of aliphatic hydroxyl groups excluding tert-OH is 1. The lowest BCUT2D eigenvalue weighted by atomic mass is 9.96. The average Bonchev–Trinajstić information content (AvgIpc) is 2.30. The monoisotopic (exact) mass is 218 g/mol. The van der Waals surface area contributed by atoms with E-state index in [0.717, 1.165) is 18.6 Å². The molecule has 1 N–H and O–H groups in total. The molecule has 1 aromatic rings. The van der Waals surface area contributed by atoms with Gasteiger partial charge < -0.3 is 9.84 Å². The Labute approximate surface area is 96.6 Å². The first-order chi connectivity index (χ1) is 7.68. The van der Waals surface area contributed by atoms with Crippen LogP contribution in [0.3, 0.4) is 0 Å². The van der Waals surface area contributed by atoms with Gasteiger partial charge >= 0.3 is 0 Å². The third-order valence-electron chi connectivity index (χ3n) is 2.99. The minimum atomic E-state index is -0.399. The van der Waals surface area contributed by atoms with Crippen molar-refractivity contribution in [2.45, 2.75) is 26.4 Å². The molecule has 1 atom stereocenters. The molecule has 2 heteroatoms. The Hall–Kier alpha value is -1.12. The van der Waals surface area contributed by atoms with Crippen LogP contribution in [0.5, 0.6) is 0 Å². The predicted molar refractivity (Wildman–Crippen MR) is 65.2 cm³/mol. The van der Waals surface area contributed by atoms with E-state index >= 15 is 0 Å². The maximum atomic E-state index is 9.51. The number of aryl methyl sites for hydroxylation is 1. The Morgan fingerprint density at radius 3 is 2.75 bits per heavy atom. The summed E-state index contributed by atoms with van der Waals surface area (Å²) < 4.78 is 5.45. The maximum Gasteiger partial charge on any atom is 0.0762 e. The zero-order valence-corrected chi connectivity index (χ0v) is 9.86. The second kappa shape index (κ2) is 4.81. The van der Waals surface area contributed by atoms with E-state index < -0.39 is 6.10 Å². The number of ether oxygens (including phenoxy) is 1. The molecule has 16 heavy (non-hydrogen) atoms. The first-order valence-electron chi connectivity index (χ1n) is 5.74. The molecule has 0 amide bonds. The highest BCUT2D eigenvalue weighted by molar-refractivity contribution is 5.69. The van der Waals surface area contributed by atoms with E-state index in [1.807, 2.05) is 6.07 Å². The molecule has 1 aliphatic heterocycles. The molecule has 0 fully saturated rings. The van der Waals surface area contributed by atoms with Gasteiger partial charge in [-0.15, -0.1) is 0 Å². The Kier molecular flexibility index (Phi) is 3.42. The number of hydrogen-bond acceptors (Lipinski definition) is 2. The molecule has 1 aliphatic rings. The van der Waals surface area contributed by atoms with E-state index in [9.17, 15) is 5.11 Å². The zero-order valence-electron chi connectivity index (χ0n) is 9.86. The summed E-state index contributed by atoms with van der Waals surface area (Å²) in [4.78, 5) is 0. The van der Waals surface area contributed by atoms with Crippen LogP contribution in [0.4, 0.5) is 0 Å². The highest BCUT2D eigenvalue weighted by Gasteiger charge is 2.10. The van der Waals surface area contributed by atoms with E-state index in [-0.39, 0.29) is 0 Å². The molecule has 0 bridgehead atoms. The number of hydrogen-bond donors (Lipinski definition) is 1. The van der Waals surface area contributed by atoms with Crippen LogP contribution >= 0.6 is 0 Å². The van der Waals surface area contributed by atoms with Crippen molar-refractivity contribution in [2.75, 3.05) is 13.2 Å². The van der Waals surface area contributed by atoms with Crippen LogP contribution in [-0.2, 0) is 4.74 Å². The second-order valence-corrected chi connectivity index (χ2v) is 4.32. The molecule has 0 aliphatic carbocycles. The van der Waals surface area contributed by atoms with Crippen molar-refractivity contribution < 1.29 is 9.84 Å². The largest absolute Gasteiger partial charge is 0.389 e.